The van der Waals surface area contributed by atoms with Crippen molar-refractivity contribution in [3.05, 3.63) is 33.8 Å². The van der Waals surface area contributed by atoms with Crippen molar-refractivity contribution in [1.82, 2.24) is 5.48 Å². The van der Waals surface area contributed by atoms with Crippen molar-refractivity contribution in [2.24, 2.45) is 0 Å². The van der Waals surface area contributed by atoms with Gasteiger partial charge in [-0.25, -0.2) is 0 Å². The fourth-order valence-corrected chi connectivity index (χ4v) is 1.85. The number of benzene rings is 1. The van der Waals surface area contributed by atoms with Gasteiger partial charge in [-0.3, -0.25) is 0 Å². The molecule has 13 heavy (non-hydrogen) atoms. The molecule has 1 atom stereocenters. The minimum absolute atomic E-state index is 0.358. The molecule has 0 aromatic heterocycles. The molecule has 1 aliphatic rings. The topological polar surface area (TPSA) is 21.3 Å². The maximum Gasteiger partial charge on any atom is 0.0701 e. The van der Waals surface area contributed by atoms with E-state index in [2.05, 4.69) is 46.5 Å². The second-order valence-electron chi connectivity index (χ2n) is 3.32. The van der Waals surface area contributed by atoms with E-state index in [1.54, 1.807) is 0 Å². The Hall–Kier alpha value is -0.380. The van der Waals surface area contributed by atoms with Crippen LogP contribution in [0.15, 0.2) is 22.7 Å². The lowest BCUT2D eigenvalue weighted by molar-refractivity contribution is 0.0883. The van der Waals surface area contributed by atoms with E-state index in [1.807, 2.05) is 0 Å². The van der Waals surface area contributed by atoms with E-state index in [0.29, 0.717) is 6.04 Å². The van der Waals surface area contributed by atoms with Gasteiger partial charge in [-0.15, -0.1) is 0 Å². The molecule has 0 amide bonds. The lowest BCUT2D eigenvalue weighted by atomic mass is 10.0. The summed E-state index contributed by atoms with van der Waals surface area (Å²) in [6, 6.07) is 6.78. The minimum Gasteiger partial charge on any atom is -0.301 e. The van der Waals surface area contributed by atoms with Crippen LogP contribution in [0.3, 0.4) is 0 Å². The third-order valence-corrected chi connectivity index (χ3v) is 3.19. The first kappa shape index (κ1) is 9.19. The molecule has 1 aliphatic heterocycles. The number of nitrogens with one attached hydrogen (secondary N) is 1. The van der Waals surface area contributed by atoms with Gasteiger partial charge < -0.3 is 4.84 Å². The fraction of sp³-hybridized carbons (Fsp3) is 0.400. The summed E-state index contributed by atoms with van der Waals surface area (Å²) in [5.74, 6) is 0. The molecular formula is C10H12BrNO. The number of rotatable bonds is 1. The molecule has 1 aromatic carbocycles. The molecule has 1 N–H and O–H groups in total. The summed E-state index contributed by atoms with van der Waals surface area (Å²) in [5.41, 5.74) is 5.55. The molecule has 0 spiro atoms. The zero-order valence-electron chi connectivity index (χ0n) is 7.51. The number of halogens is 1. The molecule has 0 saturated carbocycles. The van der Waals surface area contributed by atoms with Gasteiger partial charge in [0.1, 0.15) is 0 Å². The normalized spacial score (nSPS) is 22.2. The molecule has 0 bridgehead atoms. The standard InChI is InChI=1S/C10H12BrNO/c1-7-2-3-8(6-9(7)11)10-4-5-13-12-10/h2-3,6,10,12H,4-5H2,1H3. The fourth-order valence-electron chi connectivity index (χ4n) is 1.46. The number of aryl methyl sites for hydroxylation is 1. The SMILES string of the molecule is Cc1ccc(C2CCON2)cc1Br. The molecule has 1 saturated heterocycles. The lowest BCUT2D eigenvalue weighted by Crippen LogP contribution is -2.11. The largest absolute Gasteiger partial charge is 0.301 e. The van der Waals surface area contributed by atoms with Crippen LogP contribution in [0.1, 0.15) is 23.6 Å². The number of hydrogen-bond donors (Lipinski definition) is 1. The van der Waals surface area contributed by atoms with Crippen LogP contribution in [0.2, 0.25) is 0 Å². The summed E-state index contributed by atoms with van der Waals surface area (Å²) in [5, 5.41) is 0. The van der Waals surface area contributed by atoms with Crippen molar-refractivity contribution < 1.29 is 4.84 Å². The highest BCUT2D eigenvalue weighted by Crippen LogP contribution is 2.25. The molecule has 1 fully saturated rings. The summed E-state index contributed by atoms with van der Waals surface area (Å²) in [4.78, 5) is 5.12. The Kier molecular flexibility index (Phi) is 2.67. The minimum atomic E-state index is 0.358. The molecule has 70 valence electrons. The van der Waals surface area contributed by atoms with E-state index in [-0.39, 0.29) is 0 Å². The summed E-state index contributed by atoms with van der Waals surface area (Å²) < 4.78 is 1.17. The van der Waals surface area contributed by atoms with Crippen molar-refractivity contribution in [3.63, 3.8) is 0 Å². The predicted octanol–water partition coefficient (Wildman–Crippen LogP) is 2.72. The molecule has 1 heterocycles. The molecule has 2 rings (SSSR count). The first-order chi connectivity index (χ1) is 6.27. The van der Waals surface area contributed by atoms with E-state index in [0.717, 1.165) is 13.0 Å². The maximum atomic E-state index is 5.12. The third-order valence-electron chi connectivity index (χ3n) is 2.33. The average Bonchev–Trinajstić information content (AvgIpc) is 2.62. The maximum absolute atomic E-state index is 5.12. The second-order valence-corrected chi connectivity index (χ2v) is 4.17. The van der Waals surface area contributed by atoms with Crippen LogP contribution >= 0.6 is 15.9 Å². The van der Waals surface area contributed by atoms with Gasteiger partial charge in [-0.05, 0) is 30.5 Å². The van der Waals surface area contributed by atoms with Crippen LogP contribution in [-0.2, 0) is 4.84 Å². The Morgan fingerprint density at radius 1 is 1.54 bits per heavy atom. The lowest BCUT2D eigenvalue weighted by Gasteiger charge is -2.09. The molecular weight excluding hydrogens is 230 g/mol. The van der Waals surface area contributed by atoms with Crippen LogP contribution in [0, 0.1) is 6.92 Å². The van der Waals surface area contributed by atoms with Gasteiger partial charge in [0.2, 0.25) is 0 Å². The van der Waals surface area contributed by atoms with E-state index < -0.39 is 0 Å². The molecule has 3 heteroatoms. The Bertz CT molecular complexity index is 308. The molecule has 0 radical (unpaired) electrons. The Morgan fingerprint density at radius 2 is 2.38 bits per heavy atom. The van der Waals surface area contributed by atoms with Gasteiger partial charge >= 0.3 is 0 Å². The molecule has 1 aromatic rings. The van der Waals surface area contributed by atoms with Crippen molar-refractivity contribution in [3.8, 4) is 0 Å². The van der Waals surface area contributed by atoms with Gasteiger partial charge in [-0.2, -0.15) is 5.48 Å². The van der Waals surface area contributed by atoms with E-state index in [1.165, 1.54) is 15.6 Å². The zero-order valence-corrected chi connectivity index (χ0v) is 9.10. The van der Waals surface area contributed by atoms with Crippen LogP contribution in [0.25, 0.3) is 0 Å². The van der Waals surface area contributed by atoms with Crippen molar-refractivity contribution in [2.45, 2.75) is 19.4 Å². The van der Waals surface area contributed by atoms with Gasteiger partial charge in [0.05, 0.1) is 12.6 Å². The monoisotopic (exact) mass is 241 g/mol. The Morgan fingerprint density at radius 3 is 3.00 bits per heavy atom. The third kappa shape index (κ3) is 1.93. The molecule has 2 nitrogen and oxygen atoms in total. The Balaban J connectivity index is 2.25. The van der Waals surface area contributed by atoms with Gasteiger partial charge in [0.25, 0.3) is 0 Å². The summed E-state index contributed by atoms with van der Waals surface area (Å²) in [6.07, 6.45) is 1.05. The zero-order chi connectivity index (χ0) is 9.26. The quantitative estimate of drug-likeness (QED) is 0.817. The molecule has 1 unspecified atom stereocenters. The average molecular weight is 242 g/mol. The number of hydroxylamine groups is 1. The van der Waals surface area contributed by atoms with Crippen molar-refractivity contribution in [1.29, 1.82) is 0 Å². The van der Waals surface area contributed by atoms with Gasteiger partial charge in [0, 0.05) is 4.47 Å². The second kappa shape index (κ2) is 3.78. The predicted molar refractivity (Wildman–Crippen MR) is 55.3 cm³/mol. The highest BCUT2D eigenvalue weighted by Gasteiger charge is 2.17. The molecule has 0 aliphatic carbocycles. The smallest absolute Gasteiger partial charge is 0.0701 e. The van der Waals surface area contributed by atoms with Crippen LogP contribution in [0.5, 0.6) is 0 Å². The van der Waals surface area contributed by atoms with Crippen LogP contribution in [-0.4, -0.2) is 6.61 Å². The van der Waals surface area contributed by atoms with Crippen LogP contribution in [0.4, 0.5) is 0 Å². The van der Waals surface area contributed by atoms with E-state index in [4.69, 9.17) is 4.84 Å². The number of hydrogen-bond acceptors (Lipinski definition) is 2. The summed E-state index contributed by atoms with van der Waals surface area (Å²) >= 11 is 3.52. The van der Waals surface area contributed by atoms with Gasteiger partial charge in [0.15, 0.2) is 0 Å². The van der Waals surface area contributed by atoms with Crippen molar-refractivity contribution >= 4 is 15.9 Å². The van der Waals surface area contributed by atoms with E-state index >= 15 is 0 Å². The first-order valence-corrected chi connectivity index (χ1v) is 5.20. The van der Waals surface area contributed by atoms with Gasteiger partial charge in [-0.1, -0.05) is 28.1 Å². The highest BCUT2D eigenvalue weighted by molar-refractivity contribution is 9.10. The Labute approximate surface area is 86.4 Å². The van der Waals surface area contributed by atoms with Crippen molar-refractivity contribution in [2.75, 3.05) is 6.61 Å². The van der Waals surface area contributed by atoms with Crippen LogP contribution < -0.4 is 5.48 Å². The first-order valence-electron chi connectivity index (χ1n) is 4.41. The summed E-state index contributed by atoms with van der Waals surface area (Å²) in [7, 11) is 0. The van der Waals surface area contributed by atoms with E-state index in [9.17, 15) is 0 Å². The highest BCUT2D eigenvalue weighted by atomic mass is 79.9. The summed E-state index contributed by atoms with van der Waals surface area (Å²) in [6.45, 7) is 2.89.